The first kappa shape index (κ1) is 12.0. The normalized spacial score (nSPS) is 17.2. The first-order valence-corrected chi connectivity index (χ1v) is 5.37. The second-order valence-corrected chi connectivity index (χ2v) is 4.00. The van der Waals surface area contributed by atoms with Crippen LogP contribution in [0.25, 0.3) is 0 Å². The van der Waals surface area contributed by atoms with Gasteiger partial charge in [0.1, 0.15) is 6.10 Å². The first-order valence-electron chi connectivity index (χ1n) is 5.37. The monoisotopic (exact) mass is 245 g/mol. The van der Waals surface area contributed by atoms with Gasteiger partial charge in [-0.3, -0.25) is 4.79 Å². The molecule has 0 bridgehead atoms. The van der Waals surface area contributed by atoms with Gasteiger partial charge in [0, 0.05) is 25.0 Å². The molecule has 94 valence electrons. The standard InChI is InChI=1S/C10H13F2N3O2/c11-8(12)7(16)5-14-9-10(17)15(4-3-13-9)6-1-2-6/h3-4,6-8,16H,1-2,5H2,(H,13,14). The minimum absolute atomic E-state index is 0.000833. The van der Waals surface area contributed by atoms with Crippen LogP contribution in [-0.4, -0.2) is 33.7 Å². The largest absolute Gasteiger partial charge is 0.385 e. The van der Waals surface area contributed by atoms with E-state index >= 15 is 0 Å². The van der Waals surface area contributed by atoms with Crippen molar-refractivity contribution < 1.29 is 13.9 Å². The zero-order valence-corrected chi connectivity index (χ0v) is 9.01. The van der Waals surface area contributed by atoms with E-state index in [2.05, 4.69) is 10.3 Å². The van der Waals surface area contributed by atoms with Crippen molar-refractivity contribution in [3.63, 3.8) is 0 Å². The van der Waals surface area contributed by atoms with Crippen molar-refractivity contribution in [1.29, 1.82) is 0 Å². The Labute approximate surface area is 96.1 Å². The second kappa shape index (κ2) is 4.79. The maximum absolute atomic E-state index is 12.1. The van der Waals surface area contributed by atoms with Crippen LogP contribution in [0.5, 0.6) is 0 Å². The molecule has 17 heavy (non-hydrogen) atoms. The molecule has 0 aliphatic heterocycles. The zero-order valence-electron chi connectivity index (χ0n) is 9.01. The summed E-state index contributed by atoms with van der Waals surface area (Å²) in [5, 5.41) is 11.4. The predicted molar refractivity (Wildman–Crippen MR) is 57.3 cm³/mol. The van der Waals surface area contributed by atoms with Crippen LogP contribution in [0.3, 0.4) is 0 Å². The molecule has 0 aromatic carbocycles. The lowest BCUT2D eigenvalue weighted by atomic mass is 10.3. The van der Waals surface area contributed by atoms with Gasteiger partial charge in [0.2, 0.25) is 0 Å². The van der Waals surface area contributed by atoms with Gasteiger partial charge < -0.3 is 15.0 Å². The molecular formula is C10H13F2N3O2. The zero-order chi connectivity index (χ0) is 12.4. The van der Waals surface area contributed by atoms with E-state index in [1.807, 2.05) is 0 Å². The van der Waals surface area contributed by atoms with E-state index in [1.165, 1.54) is 10.8 Å². The van der Waals surface area contributed by atoms with Crippen molar-refractivity contribution in [1.82, 2.24) is 9.55 Å². The number of nitrogens with zero attached hydrogens (tertiary/aromatic N) is 2. The van der Waals surface area contributed by atoms with Crippen molar-refractivity contribution >= 4 is 5.82 Å². The SMILES string of the molecule is O=c1c(NCC(O)C(F)F)nccn1C1CC1. The topological polar surface area (TPSA) is 67.2 Å². The molecule has 1 atom stereocenters. The fraction of sp³-hybridized carbons (Fsp3) is 0.600. The van der Waals surface area contributed by atoms with E-state index in [0.717, 1.165) is 12.8 Å². The molecule has 1 heterocycles. The fourth-order valence-electron chi connectivity index (χ4n) is 1.48. The van der Waals surface area contributed by atoms with Crippen molar-refractivity contribution in [2.75, 3.05) is 11.9 Å². The molecule has 1 aliphatic carbocycles. The van der Waals surface area contributed by atoms with Crippen LogP contribution in [0.4, 0.5) is 14.6 Å². The van der Waals surface area contributed by atoms with Crippen LogP contribution in [-0.2, 0) is 0 Å². The van der Waals surface area contributed by atoms with E-state index in [4.69, 9.17) is 5.11 Å². The summed E-state index contributed by atoms with van der Waals surface area (Å²) in [6.07, 6.45) is 0.278. The number of rotatable bonds is 5. The summed E-state index contributed by atoms with van der Waals surface area (Å²) >= 11 is 0. The smallest absolute Gasteiger partial charge is 0.293 e. The van der Waals surface area contributed by atoms with Gasteiger partial charge in [0.05, 0.1) is 0 Å². The molecule has 5 nitrogen and oxygen atoms in total. The molecule has 0 radical (unpaired) electrons. The summed E-state index contributed by atoms with van der Waals surface area (Å²) < 4.78 is 25.6. The average Bonchev–Trinajstić information content (AvgIpc) is 3.11. The summed E-state index contributed by atoms with van der Waals surface area (Å²) in [7, 11) is 0. The average molecular weight is 245 g/mol. The summed E-state index contributed by atoms with van der Waals surface area (Å²) in [5.41, 5.74) is -0.337. The minimum atomic E-state index is -2.84. The lowest BCUT2D eigenvalue weighted by Crippen LogP contribution is -2.31. The third kappa shape index (κ3) is 2.79. The molecule has 1 fully saturated rings. The van der Waals surface area contributed by atoms with Gasteiger partial charge in [0.15, 0.2) is 5.82 Å². The van der Waals surface area contributed by atoms with Crippen LogP contribution >= 0.6 is 0 Å². The molecule has 1 aliphatic rings. The first-order chi connectivity index (χ1) is 8.09. The molecule has 2 rings (SSSR count). The van der Waals surface area contributed by atoms with Gasteiger partial charge in [-0.15, -0.1) is 0 Å². The minimum Gasteiger partial charge on any atom is -0.385 e. The van der Waals surface area contributed by atoms with Crippen molar-refractivity contribution in [2.24, 2.45) is 0 Å². The predicted octanol–water partition coefficient (Wildman–Crippen LogP) is 0.616. The number of hydrogen-bond donors (Lipinski definition) is 2. The van der Waals surface area contributed by atoms with Crippen molar-refractivity contribution in [3.8, 4) is 0 Å². The maximum atomic E-state index is 12.1. The number of aliphatic hydroxyl groups excluding tert-OH is 1. The van der Waals surface area contributed by atoms with Gasteiger partial charge >= 0.3 is 0 Å². The van der Waals surface area contributed by atoms with E-state index in [1.54, 1.807) is 6.20 Å². The molecule has 0 saturated heterocycles. The lowest BCUT2D eigenvalue weighted by Gasteiger charge is -2.11. The number of nitrogens with one attached hydrogen (secondary N) is 1. The van der Waals surface area contributed by atoms with Gasteiger partial charge in [0.25, 0.3) is 12.0 Å². The van der Waals surface area contributed by atoms with Crippen molar-refractivity contribution in [3.05, 3.63) is 22.7 Å². The van der Waals surface area contributed by atoms with Gasteiger partial charge in [-0.25, -0.2) is 13.8 Å². The van der Waals surface area contributed by atoms with Gasteiger partial charge in [-0.05, 0) is 12.8 Å². The Morgan fingerprint density at radius 2 is 2.29 bits per heavy atom. The molecule has 0 amide bonds. The van der Waals surface area contributed by atoms with E-state index < -0.39 is 19.1 Å². The quantitative estimate of drug-likeness (QED) is 0.798. The lowest BCUT2D eigenvalue weighted by molar-refractivity contribution is 0.00379. The Morgan fingerprint density at radius 3 is 2.88 bits per heavy atom. The summed E-state index contributed by atoms with van der Waals surface area (Å²) in [6, 6.07) is 0.200. The Hall–Kier alpha value is -1.50. The van der Waals surface area contributed by atoms with Gasteiger partial charge in [-0.2, -0.15) is 0 Å². The third-order valence-corrected chi connectivity index (χ3v) is 2.58. The Bertz CT molecular complexity index is 445. The van der Waals surface area contributed by atoms with Crippen molar-refractivity contribution in [2.45, 2.75) is 31.4 Å². The molecular weight excluding hydrogens is 232 g/mol. The molecule has 1 aromatic rings. The van der Waals surface area contributed by atoms with E-state index in [-0.39, 0.29) is 17.4 Å². The number of hydrogen-bond acceptors (Lipinski definition) is 4. The van der Waals surface area contributed by atoms with Crippen LogP contribution in [0.1, 0.15) is 18.9 Å². The Morgan fingerprint density at radius 1 is 1.59 bits per heavy atom. The number of anilines is 1. The molecule has 7 heteroatoms. The van der Waals surface area contributed by atoms with Crippen LogP contribution in [0.2, 0.25) is 0 Å². The van der Waals surface area contributed by atoms with Crippen LogP contribution in [0.15, 0.2) is 17.2 Å². The molecule has 0 spiro atoms. The highest BCUT2D eigenvalue weighted by atomic mass is 19.3. The number of aliphatic hydroxyl groups is 1. The highest BCUT2D eigenvalue weighted by Crippen LogP contribution is 2.33. The summed E-state index contributed by atoms with van der Waals surface area (Å²) in [5.74, 6) is -0.000833. The van der Waals surface area contributed by atoms with E-state index in [0.29, 0.717) is 0 Å². The van der Waals surface area contributed by atoms with Gasteiger partial charge in [-0.1, -0.05) is 0 Å². The van der Waals surface area contributed by atoms with E-state index in [9.17, 15) is 13.6 Å². The van der Waals surface area contributed by atoms with Crippen LogP contribution < -0.4 is 10.9 Å². The summed E-state index contributed by atoms with van der Waals surface area (Å²) in [6.45, 7) is -0.394. The Balaban J connectivity index is 2.06. The maximum Gasteiger partial charge on any atom is 0.293 e. The molecule has 1 saturated carbocycles. The number of halogens is 2. The Kier molecular flexibility index (Phi) is 3.37. The number of aromatic nitrogens is 2. The van der Waals surface area contributed by atoms with Crippen LogP contribution in [0, 0.1) is 0 Å². The molecule has 1 unspecified atom stereocenters. The number of alkyl halides is 2. The molecule has 2 N–H and O–H groups in total. The molecule has 1 aromatic heterocycles. The highest BCUT2D eigenvalue weighted by Gasteiger charge is 2.25. The third-order valence-electron chi connectivity index (χ3n) is 2.58. The fourth-order valence-corrected chi connectivity index (χ4v) is 1.48. The summed E-state index contributed by atoms with van der Waals surface area (Å²) in [4.78, 5) is 15.6. The highest BCUT2D eigenvalue weighted by molar-refractivity contribution is 5.31. The second-order valence-electron chi connectivity index (χ2n) is 4.00.